The van der Waals surface area contributed by atoms with Gasteiger partial charge in [-0.1, -0.05) is 73.9 Å². The Labute approximate surface area is 342 Å². The van der Waals surface area contributed by atoms with Crippen LogP contribution in [0.1, 0.15) is 13.8 Å². The molecule has 4 aromatic rings. The van der Waals surface area contributed by atoms with E-state index in [0.717, 1.165) is 50.2 Å². The third-order valence-electron chi connectivity index (χ3n) is 6.19. The molecule has 4 rings (SSSR count). The van der Waals surface area contributed by atoms with Gasteiger partial charge in [0.25, 0.3) is 11.8 Å². The normalized spacial score (nSPS) is 12.2. The molecule has 0 aliphatic carbocycles. The molecule has 0 radical (unpaired) electrons. The maximum absolute atomic E-state index is 12.2. The first kappa shape index (κ1) is 47.0. The molecular weight excluding hydrogens is 802 g/mol. The number of rotatable bonds is 10. The second-order valence-corrected chi connectivity index (χ2v) is 13.3. The maximum Gasteiger partial charge on any atom is 3.00 e. The molecule has 0 saturated heterocycles. The van der Waals surface area contributed by atoms with Crippen molar-refractivity contribution in [2.75, 3.05) is 10.6 Å². The van der Waals surface area contributed by atoms with Crippen LogP contribution in [0.3, 0.4) is 0 Å². The minimum absolute atomic E-state index is 0. The van der Waals surface area contributed by atoms with Crippen molar-refractivity contribution in [3.05, 3.63) is 120 Å². The van der Waals surface area contributed by atoms with Crippen LogP contribution in [0, 0.1) is 0 Å². The Morgan fingerprint density at radius 2 is 0.907 bits per heavy atom. The maximum atomic E-state index is 12.2. The molecule has 0 aliphatic heterocycles. The summed E-state index contributed by atoms with van der Waals surface area (Å²) in [6.45, 7) is 2.22. The number of nitrogens with two attached hydrogens (primary N) is 2. The summed E-state index contributed by atoms with van der Waals surface area (Å²) in [4.78, 5) is 23.7. The zero-order valence-corrected chi connectivity index (χ0v) is 33.1. The van der Waals surface area contributed by atoms with Crippen molar-refractivity contribution in [2.24, 2.45) is 30.7 Å². The number of amides is 2. The van der Waals surface area contributed by atoms with Crippen LogP contribution in [0.15, 0.2) is 150 Å². The first-order valence-corrected chi connectivity index (χ1v) is 17.5. The largest absolute Gasteiger partial charge is 3.00 e. The van der Waals surface area contributed by atoms with Gasteiger partial charge in [-0.15, -0.1) is 21.7 Å². The van der Waals surface area contributed by atoms with Gasteiger partial charge >= 0.3 is 46.3 Å². The Morgan fingerprint density at radius 1 is 0.593 bits per heavy atom. The van der Waals surface area contributed by atoms with Gasteiger partial charge < -0.3 is 31.1 Å². The summed E-state index contributed by atoms with van der Waals surface area (Å²) in [5.74, 6) is -4.29. The van der Waals surface area contributed by atoms with E-state index in [2.05, 4.69) is 31.1 Å². The Hall–Kier alpha value is -4.97. The third kappa shape index (κ3) is 14.5. The number of hydrogen-bond donors (Lipinski definition) is 4. The van der Waals surface area contributed by atoms with E-state index < -0.39 is 66.3 Å². The molecule has 18 nitrogen and oxygen atoms in total. The smallest absolute Gasteiger partial charge is 0.874 e. The van der Waals surface area contributed by atoms with E-state index in [4.69, 9.17) is 10.3 Å². The van der Waals surface area contributed by atoms with Gasteiger partial charge in [0.1, 0.15) is 11.4 Å². The molecule has 0 aromatic heterocycles. The molecule has 0 bridgehead atoms. The molecule has 278 valence electrons. The first-order chi connectivity index (χ1) is 24.4. The predicted octanol–water partition coefficient (Wildman–Crippen LogP) is -1.55. The molecule has 54 heavy (non-hydrogen) atoms. The molecule has 6 N–H and O–H groups in total. The number of carbonyl (C=O) groups is 2. The predicted molar refractivity (Wildman–Crippen MR) is 179 cm³/mol. The summed E-state index contributed by atoms with van der Waals surface area (Å²) >= 11 is 0. The number of benzene rings is 4. The zero-order chi connectivity index (χ0) is 38.6. The third-order valence-corrected chi connectivity index (χ3v) is 8.02. The number of azo groups is 2. The van der Waals surface area contributed by atoms with Crippen LogP contribution in [-0.2, 0) is 46.4 Å². The Bertz CT molecular complexity index is 2140. The van der Waals surface area contributed by atoms with E-state index in [1.807, 2.05) is 0 Å². The van der Waals surface area contributed by atoms with E-state index in [1.54, 1.807) is 60.7 Å². The number of anilines is 2. The quantitative estimate of drug-likeness (QED) is 0.0617. The van der Waals surface area contributed by atoms with E-state index in [0.29, 0.717) is 11.4 Å². The van der Waals surface area contributed by atoms with Crippen molar-refractivity contribution < 1.29 is 93.2 Å². The molecule has 0 saturated carbocycles. The monoisotopic (exact) mass is 830 g/mol. The summed E-state index contributed by atoms with van der Waals surface area (Å²) in [6, 6.07) is 22.5. The van der Waals surface area contributed by atoms with Crippen molar-refractivity contribution in [3.63, 3.8) is 0 Å². The van der Waals surface area contributed by atoms with E-state index in [9.17, 15) is 46.9 Å². The molecule has 0 atom stereocenters. The van der Waals surface area contributed by atoms with E-state index in [-0.39, 0.29) is 67.5 Å². The minimum atomic E-state index is -4.05. The van der Waals surface area contributed by atoms with Gasteiger partial charge in [0.2, 0.25) is 20.0 Å². The van der Waals surface area contributed by atoms with Crippen LogP contribution < -0.4 is 70.9 Å². The second-order valence-electron chi connectivity index (χ2n) is 10.2. The first-order valence-electron chi connectivity index (χ1n) is 14.4. The molecule has 22 heteroatoms. The average molecular weight is 831 g/mol. The van der Waals surface area contributed by atoms with Gasteiger partial charge in [-0.05, 0) is 48.5 Å². The SMILES string of the molecule is CC([O-])=C(N=Nc1cc(S(N)(=O)=O)ccc1[O-])C(=O)Nc1ccccc1.CC([O-])=C(N=Nc1cc(S(N)(=O)=O)ccc1[O-])C(=O)Nc1ccccc1.[Co+3].[Na+]. The molecule has 0 spiro atoms. The van der Waals surface area contributed by atoms with Gasteiger partial charge in [0, 0.05) is 11.4 Å². The summed E-state index contributed by atoms with van der Waals surface area (Å²) in [5.41, 5.74) is -0.964. The van der Waals surface area contributed by atoms with Crippen LogP contribution >= 0.6 is 0 Å². The average Bonchev–Trinajstić information content (AvgIpc) is 3.06. The van der Waals surface area contributed by atoms with Crippen molar-refractivity contribution in [1.82, 2.24) is 0 Å². The van der Waals surface area contributed by atoms with E-state index in [1.165, 1.54) is 0 Å². The van der Waals surface area contributed by atoms with Gasteiger partial charge in [-0.25, -0.2) is 27.1 Å². The van der Waals surface area contributed by atoms with Crippen LogP contribution in [0.5, 0.6) is 11.5 Å². The molecule has 0 heterocycles. The summed E-state index contributed by atoms with van der Waals surface area (Å²) < 4.78 is 45.3. The van der Waals surface area contributed by atoms with Gasteiger partial charge in [-0.2, -0.15) is 10.2 Å². The number of nitrogens with zero attached hydrogens (tertiary/aromatic N) is 4. The van der Waals surface area contributed by atoms with Crippen LogP contribution in [0.25, 0.3) is 0 Å². The molecule has 0 aliphatic rings. The number of allylic oxidation sites excluding steroid dienone is 2. The Kier molecular flexibility index (Phi) is 18.3. The summed E-state index contributed by atoms with van der Waals surface area (Å²) in [6.07, 6.45) is 0. The number of nitrogens with one attached hydrogen (secondary N) is 2. The van der Waals surface area contributed by atoms with Crippen molar-refractivity contribution >= 4 is 54.6 Å². The molecule has 2 amide bonds. The summed E-state index contributed by atoms with van der Waals surface area (Å²) in [7, 11) is -8.10. The van der Waals surface area contributed by atoms with Crippen molar-refractivity contribution in [1.29, 1.82) is 0 Å². The summed E-state index contributed by atoms with van der Waals surface area (Å²) in [5, 5.41) is 75.9. The standard InChI is InChI=1S/2C16H16N4O5S.Co.Na/c2*1-10(21)15(16(23)18-11-5-3-2-4-6-11)20-19-13-9-12(26(17,24)25)7-8-14(13)22;;/h2*2-9,21-22H,1H3,(H,18,23)(H2,17,24,25);;/q;;+3;+1/p-4. The Morgan fingerprint density at radius 3 is 1.19 bits per heavy atom. The fourth-order valence-corrected chi connectivity index (χ4v) is 4.75. The van der Waals surface area contributed by atoms with Crippen LogP contribution in [-0.4, -0.2) is 28.6 Å². The van der Waals surface area contributed by atoms with Gasteiger partial charge in [0.05, 0.1) is 21.2 Å². The molecule has 0 unspecified atom stereocenters. The number of carbonyl (C=O) groups excluding carboxylic acids is 2. The minimum Gasteiger partial charge on any atom is -0.874 e. The molecular formula is C32H28CoN8NaO10S2. The van der Waals surface area contributed by atoms with Crippen LogP contribution in [0.4, 0.5) is 22.7 Å². The fourth-order valence-electron chi connectivity index (χ4n) is 3.69. The Balaban J connectivity index is 0.000000521. The number of primary sulfonamides is 2. The van der Waals surface area contributed by atoms with Crippen molar-refractivity contribution in [2.45, 2.75) is 23.6 Å². The number of hydrogen-bond acceptors (Lipinski definition) is 14. The zero-order valence-electron chi connectivity index (χ0n) is 28.4. The second kappa shape index (κ2) is 21.1. The van der Waals surface area contributed by atoms with Crippen LogP contribution in [0.2, 0.25) is 0 Å². The van der Waals surface area contributed by atoms with Gasteiger partial charge in [0.15, 0.2) is 0 Å². The van der Waals surface area contributed by atoms with E-state index >= 15 is 0 Å². The van der Waals surface area contributed by atoms with Gasteiger partial charge in [-0.3, -0.25) is 9.59 Å². The fraction of sp³-hybridized carbons (Fsp3) is 0.0625. The van der Waals surface area contributed by atoms with Crippen molar-refractivity contribution in [3.8, 4) is 11.5 Å². The molecule has 0 fully saturated rings. The molecule has 4 aromatic carbocycles. The number of para-hydroxylation sites is 2. The number of sulfonamides is 2. The topological polar surface area (TPSA) is 320 Å².